The third kappa shape index (κ3) is 3.54. The molecule has 0 aromatic heterocycles. The summed E-state index contributed by atoms with van der Waals surface area (Å²) in [7, 11) is -3.26. The Hall–Kier alpha value is -1.40. The summed E-state index contributed by atoms with van der Waals surface area (Å²) in [6.07, 6.45) is 1.66. The summed E-state index contributed by atoms with van der Waals surface area (Å²) in [5.41, 5.74) is 1.93. The maximum Gasteiger partial charge on any atom is 0.251 e. The van der Waals surface area contributed by atoms with Crippen molar-refractivity contribution in [2.45, 2.75) is 18.9 Å². The molecule has 1 amide bonds. The van der Waals surface area contributed by atoms with Gasteiger partial charge >= 0.3 is 0 Å². The minimum atomic E-state index is -3.26. The van der Waals surface area contributed by atoms with Crippen LogP contribution < -0.4 is 5.32 Å². The average Bonchev–Trinajstić information content (AvgIpc) is 2.49. The normalized spacial score (nSPS) is 17.3. The first-order valence-electron chi connectivity index (χ1n) is 6.13. The summed E-state index contributed by atoms with van der Waals surface area (Å²) in [5.74, 6) is -0.506. The lowest BCUT2D eigenvalue weighted by molar-refractivity contribution is 0.0956. The molecule has 1 aromatic rings. The second kappa shape index (κ2) is 5.30. The van der Waals surface area contributed by atoms with E-state index in [1.807, 2.05) is 0 Å². The Labute approximate surface area is 112 Å². The Kier molecular flexibility index (Phi) is 3.91. The highest BCUT2D eigenvalue weighted by Crippen LogP contribution is 2.21. The average molecular weight is 283 g/mol. The molecule has 2 N–H and O–H groups in total. The number of sulfone groups is 1. The van der Waals surface area contributed by atoms with E-state index in [1.54, 1.807) is 18.2 Å². The molecule has 5 nitrogen and oxygen atoms in total. The lowest BCUT2D eigenvalue weighted by atomic mass is 9.99. The van der Waals surface area contributed by atoms with E-state index in [0.717, 1.165) is 24.7 Å². The molecular weight excluding hydrogens is 266 g/mol. The first-order valence-corrected chi connectivity index (χ1v) is 8.20. The molecule has 2 rings (SSSR count). The van der Waals surface area contributed by atoms with Crippen molar-refractivity contribution in [1.29, 1.82) is 0 Å². The molecule has 1 atom stereocenters. The molecule has 1 aliphatic heterocycles. The van der Waals surface area contributed by atoms with E-state index in [1.165, 1.54) is 0 Å². The molecule has 1 aromatic carbocycles. The highest BCUT2D eigenvalue weighted by atomic mass is 32.2. The number of aliphatic hydroxyl groups is 1. The predicted octanol–water partition coefficient (Wildman–Crippen LogP) is 0.441. The molecule has 104 valence electrons. The highest BCUT2D eigenvalue weighted by Gasteiger charge is 2.19. The van der Waals surface area contributed by atoms with E-state index in [0.29, 0.717) is 17.7 Å². The van der Waals surface area contributed by atoms with Gasteiger partial charge in [-0.3, -0.25) is 4.79 Å². The second-order valence-electron chi connectivity index (χ2n) is 4.88. The van der Waals surface area contributed by atoms with Crippen LogP contribution in [0.25, 0.3) is 0 Å². The maximum absolute atomic E-state index is 11.9. The summed E-state index contributed by atoms with van der Waals surface area (Å²) in [6, 6.07) is 5.07. The molecule has 0 saturated carbocycles. The Balaban J connectivity index is 2.32. The van der Waals surface area contributed by atoms with E-state index in [2.05, 4.69) is 5.32 Å². The number of carbonyl (C=O) groups is 1. The Morgan fingerprint density at radius 2 is 2.16 bits per heavy atom. The predicted molar refractivity (Wildman–Crippen MR) is 71.8 cm³/mol. The number of hydrogen-bond donors (Lipinski definition) is 2. The molecular formula is C13H17NO4S. The number of nitrogens with one attached hydrogen (secondary N) is 1. The van der Waals surface area contributed by atoms with Crippen molar-refractivity contribution in [3.8, 4) is 0 Å². The molecule has 1 aliphatic rings. The highest BCUT2D eigenvalue weighted by molar-refractivity contribution is 7.90. The van der Waals surface area contributed by atoms with Crippen LogP contribution in [0.15, 0.2) is 18.2 Å². The minimum absolute atomic E-state index is 0.166. The van der Waals surface area contributed by atoms with E-state index >= 15 is 0 Å². The van der Waals surface area contributed by atoms with Crippen molar-refractivity contribution >= 4 is 15.7 Å². The fourth-order valence-electron chi connectivity index (χ4n) is 2.19. The molecule has 0 fully saturated rings. The van der Waals surface area contributed by atoms with Gasteiger partial charge in [-0.05, 0) is 30.0 Å². The van der Waals surface area contributed by atoms with Gasteiger partial charge in [0.15, 0.2) is 0 Å². The maximum atomic E-state index is 11.9. The zero-order chi connectivity index (χ0) is 14.0. The van der Waals surface area contributed by atoms with E-state index in [9.17, 15) is 18.3 Å². The summed E-state index contributed by atoms with van der Waals surface area (Å²) in [4.78, 5) is 11.9. The van der Waals surface area contributed by atoms with Gasteiger partial charge in [-0.15, -0.1) is 0 Å². The number of carbonyl (C=O) groups excluding carboxylic acids is 1. The fraction of sp³-hybridized carbons (Fsp3) is 0.462. The van der Waals surface area contributed by atoms with Crippen LogP contribution in [-0.2, 0) is 16.3 Å². The van der Waals surface area contributed by atoms with Crippen LogP contribution in [-0.4, -0.2) is 38.0 Å². The summed E-state index contributed by atoms with van der Waals surface area (Å²) in [6.45, 7) is 0.634. The molecule has 0 spiro atoms. The smallest absolute Gasteiger partial charge is 0.251 e. The molecule has 0 saturated heterocycles. The number of aryl methyl sites for hydroxylation is 1. The lowest BCUT2D eigenvalue weighted by Crippen LogP contribution is -2.23. The van der Waals surface area contributed by atoms with Gasteiger partial charge in [-0.2, -0.15) is 0 Å². The van der Waals surface area contributed by atoms with Crippen molar-refractivity contribution in [3.05, 3.63) is 34.9 Å². The van der Waals surface area contributed by atoms with Crippen LogP contribution in [0.1, 0.15) is 34.0 Å². The fourth-order valence-corrected chi connectivity index (χ4v) is 2.96. The Bertz CT molecular complexity index is 595. The molecule has 0 radical (unpaired) electrons. The second-order valence-corrected chi connectivity index (χ2v) is 7.07. The number of benzene rings is 1. The van der Waals surface area contributed by atoms with Gasteiger partial charge < -0.3 is 10.4 Å². The summed E-state index contributed by atoms with van der Waals surface area (Å²) in [5, 5.41) is 12.7. The molecule has 1 unspecified atom stereocenters. The molecule has 6 heteroatoms. The standard InChI is InChI=1S/C13H17NO4S/c1-19(17,18)8-12(15)10-5-4-9-3-2-6-14-13(16)11(9)7-10/h4-5,7,12,15H,2-3,6,8H2,1H3,(H,14,16). The molecule has 0 aliphatic carbocycles. The topological polar surface area (TPSA) is 83.5 Å². The van der Waals surface area contributed by atoms with Crippen molar-refractivity contribution in [2.75, 3.05) is 18.6 Å². The van der Waals surface area contributed by atoms with E-state index in [4.69, 9.17) is 0 Å². The van der Waals surface area contributed by atoms with E-state index < -0.39 is 15.9 Å². The largest absolute Gasteiger partial charge is 0.387 e. The van der Waals surface area contributed by atoms with Gasteiger partial charge in [-0.25, -0.2) is 8.42 Å². The first kappa shape index (κ1) is 14.0. The van der Waals surface area contributed by atoms with Gasteiger partial charge in [0, 0.05) is 18.4 Å². The molecule has 0 bridgehead atoms. The third-order valence-corrected chi connectivity index (χ3v) is 4.05. The van der Waals surface area contributed by atoms with Crippen molar-refractivity contribution in [3.63, 3.8) is 0 Å². The number of fused-ring (bicyclic) bond motifs is 1. The monoisotopic (exact) mass is 283 g/mol. The zero-order valence-corrected chi connectivity index (χ0v) is 11.5. The van der Waals surface area contributed by atoms with Crippen LogP contribution in [0.3, 0.4) is 0 Å². The minimum Gasteiger partial charge on any atom is -0.387 e. The number of aliphatic hydroxyl groups excluding tert-OH is 1. The third-order valence-electron chi connectivity index (χ3n) is 3.13. The Morgan fingerprint density at radius 1 is 1.42 bits per heavy atom. The van der Waals surface area contributed by atoms with Gasteiger partial charge in [0.1, 0.15) is 9.84 Å². The summed E-state index contributed by atoms with van der Waals surface area (Å²) >= 11 is 0. The van der Waals surface area contributed by atoms with Crippen LogP contribution in [0.2, 0.25) is 0 Å². The molecule has 1 heterocycles. The zero-order valence-electron chi connectivity index (χ0n) is 10.7. The van der Waals surface area contributed by atoms with Gasteiger partial charge in [0.25, 0.3) is 5.91 Å². The first-order chi connectivity index (χ1) is 8.87. The number of hydrogen-bond acceptors (Lipinski definition) is 4. The number of rotatable bonds is 3. The molecule has 19 heavy (non-hydrogen) atoms. The van der Waals surface area contributed by atoms with Crippen LogP contribution >= 0.6 is 0 Å². The van der Waals surface area contributed by atoms with Crippen LogP contribution in [0, 0.1) is 0 Å². The lowest BCUT2D eigenvalue weighted by Gasteiger charge is -2.12. The van der Waals surface area contributed by atoms with Crippen LogP contribution in [0.4, 0.5) is 0 Å². The van der Waals surface area contributed by atoms with E-state index in [-0.39, 0.29) is 11.7 Å². The number of amides is 1. The SMILES string of the molecule is CS(=O)(=O)CC(O)c1ccc2c(c1)C(=O)NCCC2. The van der Waals surface area contributed by atoms with Gasteiger partial charge in [-0.1, -0.05) is 12.1 Å². The summed E-state index contributed by atoms with van der Waals surface area (Å²) < 4.78 is 22.4. The quantitative estimate of drug-likeness (QED) is 0.843. The van der Waals surface area contributed by atoms with Crippen LogP contribution in [0.5, 0.6) is 0 Å². The Morgan fingerprint density at radius 3 is 2.84 bits per heavy atom. The van der Waals surface area contributed by atoms with Crippen molar-refractivity contribution in [1.82, 2.24) is 5.32 Å². The van der Waals surface area contributed by atoms with Gasteiger partial charge in [0.05, 0.1) is 11.9 Å². The van der Waals surface area contributed by atoms with Gasteiger partial charge in [0.2, 0.25) is 0 Å². The van der Waals surface area contributed by atoms with Crippen molar-refractivity contribution < 1.29 is 18.3 Å². The van der Waals surface area contributed by atoms with Crippen molar-refractivity contribution in [2.24, 2.45) is 0 Å².